The van der Waals surface area contributed by atoms with Crippen molar-refractivity contribution in [1.29, 1.82) is 0 Å². The van der Waals surface area contributed by atoms with Gasteiger partial charge >= 0.3 is 6.18 Å². The summed E-state index contributed by atoms with van der Waals surface area (Å²) in [6.45, 7) is 0.983. The Labute approximate surface area is 146 Å². The van der Waals surface area contributed by atoms with E-state index in [0.717, 1.165) is 38.5 Å². The number of aliphatic hydroxyl groups excluding tert-OH is 1. The molecule has 1 aromatic rings. The molecule has 0 aromatic heterocycles. The van der Waals surface area contributed by atoms with Crippen LogP contribution in [0.3, 0.4) is 0 Å². The number of benzene rings is 1. The molecule has 0 saturated heterocycles. The molecule has 0 unspecified atom stereocenters. The lowest BCUT2D eigenvalue weighted by Gasteiger charge is -2.50. The Balaban J connectivity index is 1.59. The number of halogens is 3. The molecule has 5 heteroatoms. The number of rotatable bonds is 2. The van der Waals surface area contributed by atoms with Gasteiger partial charge in [0.1, 0.15) is 5.75 Å². The lowest BCUT2D eigenvalue weighted by atomic mass is 9.55. The molecule has 4 rings (SSSR count). The number of hydrogen-bond donors (Lipinski definition) is 1. The number of hydrogen-bond acceptors (Lipinski definition) is 2. The highest BCUT2D eigenvalue weighted by atomic mass is 19.4. The van der Waals surface area contributed by atoms with Crippen LogP contribution in [0.25, 0.3) is 0 Å². The van der Waals surface area contributed by atoms with Crippen molar-refractivity contribution in [2.24, 2.45) is 17.3 Å². The summed E-state index contributed by atoms with van der Waals surface area (Å²) in [6, 6.07) is 5.44. The SMILES string of the molecule is C[C@]12CC[C@@H]3c4cc(OCC(F)(F)F)ccc4CC[C@H]3[C@@H]1CC[C@H]2O. The molecule has 3 aliphatic rings. The fourth-order valence-electron chi connectivity index (χ4n) is 5.77. The molecule has 2 saturated carbocycles. The average molecular weight is 354 g/mol. The van der Waals surface area contributed by atoms with Gasteiger partial charge in [-0.15, -0.1) is 0 Å². The Morgan fingerprint density at radius 2 is 2.00 bits per heavy atom. The largest absolute Gasteiger partial charge is 0.484 e. The van der Waals surface area contributed by atoms with Crippen LogP contribution in [0.15, 0.2) is 18.2 Å². The second kappa shape index (κ2) is 5.90. The van der Waals surface area contributed by atoms with Gasteiger partial charge in [0.05, 0.1) is 6.10 Å². The minimum atomic E-state index is -4.31. The summed E-state index contributed by atoms with van der Waals surface area (Å²) in [5.74, 6) is 1.76. The van der Waals surface area contributed by atoms with Gasteiger partial charge in [0.15, 0.2) is 6.61 Å². The van der Waals surface area contributed by atoms with E-state index >= 15 is 0 Å². The van der Waals surface area contributed by atoms with Crippen LogP contribution in [0.1, 0.15) is 56.1 Å². The zero-order valence-electron chi connectivity index (χ0n) is 14.5. The minimum absolute atomic E-state index is 0.0169. The van der Waals surface area contributed by atoms with Crippen molar-refractivity contribution in [2.75, 3.05) is 6.61 Å². The Morgan fingerprint density at radius 3 is 2.76 bits per heavy atom. The van der Waals surface area contributed by atoms with Crippen LogP contribution in [0.2, 0.25) is 0 Å². The van der Waals surface area contributed by atoms with Crippen molar-refractivity contribution in [2.45, 2.75) is 63.6 Å². The van der Waals surface area contributed by atoms with E-state index in [1.807, 2.05) is 12.1 Å². The zero-order valence-corrected chi connectivity index (χ0v) is 14.5. The first-order valence-corrected chi connectivity index (χ1v) is 9.28. The Morgan fingerprint density at radius 1 is 1.20 bits per heavy atom. The highest BCUT2D eigenvalue weighted by Crippen LogP contribution is 2.61. The summed E-state index contributed by atoms with van der Waals surface area (Å²) in [6.07, 6.45) is 1.51. The maximum Gasteiger partial charge on any atom is 0.422 e. The van der Waals surface area contributed by atoms with Crippen molar-refractivity contribution >= 4 is 0 Å². The van der Waals surface area contributed by atoms with Gasteiger partial charge in [-0.05, 0) is 85.0 Å². The van der Waals surface area contributed by atoms with Crippen LogP contribution < -0.4 is 4.74 Å². The first kappa shape index (κ1) is 17.2. The molecule has 1 aromatic carbocycles. The number of aryl methyl sites for hydroxylation is 1. The molecule has 0 aliphatic heterocycles. The summed E-state index contributed by atoms with van der Waals surface area (Å²) in [7, 11) is 0. The predicted molar refractivity (Wildman–Crippen MR) is 88.6 cm³/mol. The van der Waals surface area contributed by atoms with Crippen molar-refractivity contribution in [1.82, 2.24) is 0 Å². The van der Waals surface area contributed by atoms with Gasteiger partial charge < -0.3 is 9.84 Å². The van der Waals surface area contributed by atoms with Crippen LogP contribution in [0.4, 0.5) is 13.2 Å². The van der Waals surface area contributed by atoms with Crippen LogP contribution >= 0.6 is 0 Å². The molecule has 0 amide bonds. The molecule has 5 atom stereocenters. The molecule has 1 N–H and O–H groups in total. The summed E-state index contributed by atoms with van der Waals surface area (Å²) >= 11 is 0. The highest BCUT2D eigenvalue weighted by molar-refractivity contribution is 5.41. The number of ether oxygens (including phenoxy) is 1. The molecule has 25 heavy (non-hydrogen) atoms. The van der Waals surface area contributed by atoms with Crippen molar-refractivity contribution in [3.63, 3.8) is 0 Å². The summed E-state index contributed by atoms with van der Waals surface area (Å²) < 4.78 is 42.3. The lowest BCUT2D eigenvalue weighted by Crippen LogP contribution is -2.43. The summed E-state index contributed by atoms with van der Waals surface area (Å²) in [5.41, 5.74) is 2.45. The number of fused-ring (bicyclic) bond motifs is 5. The molecule has 0 heterocycles. The van der Waals surface area contributed by atoms with Crippen molar-refractivity contribution < 1.29 is 23.0 Å². The predicted octanol–water partition coefficient (Wildman–Crippen LogP) is 4.84. The topological polar surface area (TPSA) is 29.5 Å². The van der Waals surface area contributed by atoms with Gasteiger partial charge in [0.2, 0.25) is 0 Å². The van der Waals surface area contributed by atoms with E-state index in [2.05, 4.69) is 6.92 Å². The third-order valence-electron chi connectivity index (χ3n) is 7.05. The number of alkyl halides is 3. The van der Waals surface area contributed by atoms with Gasteiger partial charge in [0.25, 0.3) is 0 Å². The molecule has 0 radical (unpaired) electrons. The molecular formula is C20H25F3O2. The Hall–Kier alpha value is -1.23. The lowest BCUT2D eigenvalue weighted by molar-refractivity contribution is -0.153. The monoisotopic (exact) mass is 354 g/mol. The Bertz CT molecular complexity index is 657. The van der Waals surface area contributed by atoms with Crippen molar-refractivity contribution in [3.8, 4) is 5.75 Å². The third-order valence-corrected chi connectivity index (χ3v) is 7.05. The fraction of sp³-hybridized carbons (Fsp3) is 0.700. The zero-order chi connectivity index (χ0) is 17.8. The second-order valence-electron chi connectivity index (χ2n) is 8.32. The maximum atomic E-state index is 12.4. The van der Waals surface area contributed by atoms with Crippen LogP contribution in [0.5, 0.6) is 5.75 Å². The Kier molecular flexibility index (Phi) is 4.06. The standard InChI is InChI=1S/C20H25F3O2/c1-19-9-8-14-15(17(19)6-7-18(19)24)5-3-12-2-4-13(10-16(12)14)25-11-20(21,22)23/h2,4,10,14-15,17-18,24H,3,5-9,11H2,1H3/t14-,15+,17-,18+,19-/m0/s1. The van der Waals surface area contributed by atoms with Crippen LogP contribution in [-0.2, 0) is 6.42 Å². The average Bonchev–Trinajstić information content (AvgIpc) is 2.87. The van der Waals surface area contributed by atoms with Gasteiger partial charge in [-0.1, -0.05) is 13.0 Å². The first-order chi connectivity index (χ1) is 11.8. The van der Waals surface area contributed by atoms with Gasteiger partial charge in [0, 0.05) is 0 Å². The minimum Gasteiger partial charge on any atom is -0.484 e. The van der Waals surface area contributed by atoms with Gasteiger partial charge in [-0.3, -0.25) is 0 Å². The maximum absolute atomic E-state index is 12.4. The highest BCUT2D eigenvalue weighted by Gasteiger charge is 2.54. The molecule has 3 aliphatic carbocycles. The molecule has 138 valence electrons. The van der Waals surface area contributed by atoms with Gasteiger partial charge in [-0.25, -0.2) is 0 Å². The molecule has 0 spiro atoms. The fourth-order valence-corrected chi connectivity index (χ4v) is 5.77. The van der Waals surface area contributed by atoms with E-state index in [4.69, 9.17) is 4.74 Å². The summed E-state index contributed by atoms with van der Waals surface area (Å²) in [5, 5.41) is 10.4. The quantitative estimate of drug-likeness (QED) is 0.823. The smallest absolute Gasteiger partial charge is 0.422 e. The van der Waals surface area contributed by atoms with E-state index in [-0.39, 0.29) is 11.5 Å². The molecule has 2 nitrogen and oxygen atoms in total. The van der Waals surface area contributed by atoms with E-state index in [1.54, 1.807) is 6.07 Å². The van der Waals surface area contributed by atoms with E-state index < -0.39 is 12.8 Å². The van der Waals surface area contributed by atoms with Crippen LogP contribution in [0, 0.1) is 17.3 Å². The third kappa shape index (κ3) is 2.94. The van der Waals surface area contributed by atoms with Gasteiger partial charge in [-0.2, -0.15) is 13.2 Å². The molecule has 2 fully saturated rings. The first-order valence-electron chi connectivity index (χ1n) is 9.28. The van der Waals surface area contributed by atoms with Crippen molar-refractivity contribution in [3.05, 3.63) is 29.3 Å². The van der Waals surface area contributed by atoms with E-state index in [0.29, 0.717) is 23.5 Å². The second-order valence-corrected chi connectivity index (χ2v) is 8.32. The normalized spacial score (nSPS) is 37.2. The van der Waals surface area contributed by atoms with Crippen LogP contribution in [-0.4, -0.2) is 24.0 Å². The van der Waals surface area contributed by atoms with E-state index in [9.17, 15) is 18.3 Å². The van der Waals surface area contributed by atoms with E-state index in [1.165, 1.54) is 11.1 Å². The summed E-state index contributed by atoms with van der Waals surface area (Å²) in [4.78, 5) is 0. The number of aliphatic hydroxyl groups is 1. The molecule has 0 bridgehead atoms. The molecular weight excluding hydrogens is 329 g/mol.